The van der Waals surface area contributed by atoms with Gasteiger partial charge in [0.25, 0.3) is 0 Å². The van der Waals surface area contributed by atoms with Gasteiger partial charge in [-0.2, -0.15) is 0 Å². The zero-order valence-corrected chi connectivity index (χ0v) is 10.6. The number of halogens is 2. The van der Waals surface area contributed by atoms with E-state index in [1.165, 1.54) is 5.41 Å². The van der Waals surface area contributed by atoms with Crippen molar-refractivity contribution >= 4 is 39.5 Å². The Kier molecular flexibility index (Phi) is 4.24. The van der Waals surface area contributed by atoms with Gasteiger partial charge in [0.05, 0.1) is 11.8 Å². The molecule has 16 heavy (non-hydrogen) atoms. The molecule has 0 spiro atoms. The normalized spacial score (nSPS) is 21.4. The highest BCUT2D eigenvalue weighted by Crippen LogP contribution is 2.17. The average Bonchev–Trinajstić information content (AvgIpc) is 2.50. The largest absolute Gasteiger partial charge is 0.378 e. The highest BCUT2D eigenvalue weighted by molar-refractivity contribution is 7.94. The first-order valence-corrected chi connectivity index (χ1v) is 6.58. The van der Waals surface area contributed by atoms with Crippen molar-refractivity contribution in [3.05, 3.63) is 40.8 Å². The molecule has 1 atom stereocenters. The molecule has 88 valence electrons. The fourth-order valence-electron chi connectivity index (χ4n) is 1.43. The molecule has 1 aliphatic rings. The van der Waals surface area contributed by atoms with Crippen LogP contribution in [0.15, 0.2) is 35.7 Å². The molecule has 1 aromatic rings. The second kappa shape index (κ2) is 5.08. The van der Waals surface area contributed by atoms with Gasteiger partial charge in [0, 0.05) is 16.1 Å². The summed E-state index contributed by atoms with van der Waals surface area (Å²) in [6.07, 6.45) is 1.66. The van der Waals surface area contributed by atoms with Gasteiger partial charge in [0.2, 0.25) is 0 Å². The number of benzene rings is 1. The van der Waals surface area contributed by atoms with Crippen LogP contribution in [0, 0.1) is 0 Å². The van der Waals surface area contributed by atoms with Gasteiger partial charge in [-0.15, -0.1) is 12.4 Å². The number of hydrogen-bond donors (Lipinski definition) is 1. The molecule has 0 radical (unpaired) electrons. The van der Waals surface area contributed by atoms with Crippen molar-refractivity contribution in [1.82, 2.24) is 0 Å². The minimum absolute atomic E-state index is 0. The quantitative estimate of drug-likeness (QED) is 0.905. The van der Waals surface area contributed by atoms with E-state index < -0.39 is 9.84 Å². The summed E-state index contributed by atoms with van der Waals surface area (Å²) in [6.45, 7) is 0. The van der Waals surface area contributed by atoms with E-state index in [0.29, 0.717) is 5.02 Å². The predicted octanol–water partition coefficient (Wildman–Crippen LogP) is 2.48. The van der Waals surface area contributed by atoms with E-state index in [0.717, 1.165) is 5.69 Å². The maximum absolute atomic E-state index is 11.1. The Balaban J connectivity index is 0.00000128. The van der Waals surface area contributed by atoms with Gasteiger partial charge in [-0.25, -0.2) is 8.42 Å². The number of hydrogen-bond acceptors (Lipinski definition) is 3. The van der Waals surface area contributed by atoms with Crippen LogP contribution in [-0.2, 0) is 9.84 Å². The lowest BCUT2D eigenvalue weighted by molar-refractivity contribution is 0.605. The number of sulfone groups is 1. The summed E-state index contributed by atoms with van der Waals surface area (Å²) in [6, 6.07) is 7.02. The maximum atomic E-state index is 11.1. The van der Waals surface area contributed by atoms with Crippen molar-refractivity contribution < 1.29 is 8.42 Å². The molecule has 0 saturated heterocycles. The van der Waals surface area contributed by atoms with Crippen molar-refractivity contribution in [1.29, 1.82) is 0 Å². The number of nitrogens with one attached hydrogen (secondary N) is 1. The van der Waals surface area contributed by atoms with Gasteiger partial charge in [-0.1, -0.05) is 17.7 Å². The van der Waals surface area contributed by atoms with Crippen molar-refractivity contribution in [3.63, 3.8) is 0 Å². The minimum Gasteiger partial charge on any atom is -0.378 e. The molecule has 1 aromatic carbocycles. The van der Waals surface area contributed by atoms with Crippen LogP contribution in [-0.4, -0.2) is 20.2 Å². The fraction of sp³-hybridized carbons (Fsp3) is 0.200. The Morgan fingerprint density at radius 1 is 1.25 bits per heavy atom. The Bertz CT molecular complexity index is 482. The first kappa shape index (κ1) is 13.4. The SMILES string of the molecule is Cl.O=S1(=O)C=CC(Nc2ccc(Cl)cc2)C1. The summed E-state index contributed by atoms with van der Waals surface area (Å²) < 4.78 is 22.3. The first-order chi connectivity index (χ1) is 7.05. The van der Waals surface area contributed by atoms with E-state index in [9.17, 15) is 8.42 Å². The third-order valence-electron chi connectivity index (χ3n) is 2.13. The van der Waals surface area contributed by atoms with Gasteiger partial charge in [0.1, 0.15) is 0 Å². The molecule has 2 rings (SSSR count). The minimum atomic E-state index is -2.99. The molecular formula is C10H11Cl2NO2S. The lowest BCUT2D eigenvalue weighted by Crippen LogP contribution is -2.20. The molecule has 1 heterocycles. The summed E-state index contributed by atoms with van der Waals surface area (Å²) in [5.41, 5.74) is 0.867. The number of anilines is 1. The standard InChI is InChI=1S/C10H10ClNO2S.ClH/c11-8-1-3-9(4-2-8)12-10-5-6-15(13,14)7-10;/h1-6,10,12H,7H2;1H. The molecule has 1 unspecified atom stereocenters. The molecule has 0 aromatic heterocycles. The summed E-state index contributed by atoms with van der Waals surface area (Å²) in [5, 5.41) is 5.01. The van der Waals surface area contributed by atoms with E-state index in [1.54, 1.807) is 18.2 Å². The van der Waals surface area contributed by atoms with Gasteiger partial charge in [-0.05, 0) is 24.3 Å². The molecule has 0 saturated carbocycles. The fourth-order valence-corrected chi connectivity index (χ4v) is 2.79. The zero-order valence-electron chi connectivity index (χ0n) is 8.26. The average molecular weight is 280 g/mol. The lowest BCUT2D eigenvalue weighted by atomic mass is 10.2. The van der Waals surface area contributed by atoms with Crippen molar-refractivity contribution in [2.45, 2.75) is 6.04 Å². The molecule has 0 aliphatic carbocycles. The Morgan fingerprint density at radius 2 is 1.88 bits per heavy atom. The smallest absolute Gasteiger partial charge is 0.173 e. The topological polar surface area (TPSA) is 46.2 Å². The molecule has 1 aliphatic heterocycles. The van der Waals surface area contributed by atoms with E-state index in [2.05, 4.69) is 5.32 Å². The molecule has 0 bridgehead atoms. The summed E-state index contributed by atoms with van der Waals surface area (Å²) in [4.78, 5) is 0. The Hall–Kier alpha value is -0.710. The van der Waals surface area contributed by atoms with Crippen LogP contribution in [0.1, 0.15) is 0 Å². The van der Waals surface area contributed by atoms with E-state index in [4.69, 9.17) is 11.6 Å². The van der Waals surface area contributed by atoms with Crippen LogP contribution in [0.4, 0.5) is 5.69 Å². The highest BCUT2D eigenvalue weighted by atomic mass is 35.5. The van der Waals surface area contributed by atoms with Crippen molar-refractivity contribution in [2.24, 2.45) is 0 Å². The van der Waals surface area contributed by atoms with Gasteiger partial charge in [-0.3, -0.25) is 0 Å². The monoisotopic (exact) mass is 279 g/mol. The van der Waals surface area contributed by atoms with Crippen molar-refractivity contribution in [2.75, 3.05) is 11.1 Å². The van der Waals surface area contributed by atoms with Gasteiger partial charge in [0.15, 0.2) is 9.84 Å². The van der Waals surface area contributed by atoms with E-state index in [-0.39, 0.29) is 24.2 Å². The van der Waals surface area contributed by atoms with E-state index >= 15 is 0 Å². The van der Waals surface area contributed by atoms with Crippen LogP contribution >= 0.6 is 24.0 Å². The summed E-state index contributed by atoms with van der Waals surface area (Å²) >= 11 is 5.74. The molecule has 0 fully saturated rings. The van der Waals surface area contributed by atoms with Crippen LogP contribution in [0.3, 0.4) is 0 Å². The Labute approximate surface area is 106 Å². The summed E-state index contributed by atoms with van der Waals surface area (Å²) in [7, 11) is -2.99. The van der Waals surface area contributed by atoms with Crippen LogP contribution in [0.25, 0.3) is 0 Å². The molecule has 1 N–H and O–H groups in total. The van der Waals surface area contributed by atoms with Gasteiger partial charge >= 0.3 is 0 Å². The summed E-state index contributed by atoms with van der Waals surface area (Å²) in [5.74, 6) is 0.121. The first-order valence-electron chi connectivity index (χ1n) is 4.48. The maximum Gasteiger partial charge on any atom is 0.173 e. The van der Waals surface area contributed by atoms with Crippen LogP contribution < -0.4 is 5.32 Å². The highest BCUT2D eigenvalue weighted by Gasteiger charge is 2.20. The third kappa shape index (κ3) is 3.40. The second-order valence-corrected chi connectivity index (χ2v) is 5.78. The van der Waals surface area contributed by atoms with Crippen LogP contribution in [0.5, 0.6) is 0 Å². The molecule has 6 heteroatoms. The van der Waals surface area contributed by atoms with Crippen LogP contribution in [0.2, 0.25) is 5.02 Å². The van der Waals surface area contributed by atoms with E-state index in [1.807, 2.05) is 12.1 Å². The molecule has 3 nitrogen and oxygen atoms in total. The molecular weight excluding hydrogens is 269 g/mol. The lowest BCUT2D eigenvalue weighted by Gasteiger charge is -2.11. The third-order valence-corrected chi connectivity index (χ3v) is 3.77. The second-order valence-electron chi connectivity index (χ2n) is 3.42. The number of rotatable bonds is 2. The predicted molar refractivity (Wildman–Crippen MR) is 69.0 cm³/mol. The van der Waals surface area contributed by atoms with Gasteiger partial charge < -0.3 is 5.32 Å². The van der Waals surface area contributed by atoms with Crippen molar-refractivity contribution in [3.8, 4) is 0 Å². The Morgan fingerprint density at radius 3 is 2.38 bits per heavy atom. The molecule has 0 amide bonds. The zero-order chi connectivity index (χ0) is 10.9.